The lowest BCUT2D eigenvalue weighted by Crippen LogP contribution is -2.14. The van der Waals surface area contributed by atoms with Gasteiger partial charge >= 0.3 is 5.97 Å². The third-order valence-corrected chi connectivity index (χ3v) is 5.80. The van der Waals surface area contributed by atoms with Crippen LogP contribution < -0.4 is 4.74 Å². The average Bonchev–Trinajstić information content (AvgIpc) is 3.08. The van der Waals surface area contributed by atoms with Crippen molar-refractivity contribution in [2.45, 2.75) is 13.8 Å². The van der Waals surface area contributed by atoms with Gasteiger partial charge < -0.3 is 14.6 Å². The summed E-state index contributed by atoms with van der Waals surface area (Å²) in [5.41, 5.74) is 1.89. The van der Waals surface area contributed by atoms with Crippen LogP contribution in [0.25, 0.3) is 6.08 Å². The topological polar surface area (TPSA) is 85.2 Å². The maximum Gasteiger partial charge on any atom is 0.344 e. The normalized spacial score (nSPS) is 15.7. The van der Waals surface area contributed by atoms with Crippen molar-refractivity contribution in [3.63, 3.8) is 0 Å². The second-order valence-electron chi connectivity index (χ2n) is 6.93. The molecule has 1 amide bonds. The van der Waals surface area contributed by atoms with Gasteiger partial charge in [-0.15, -0.1) is 0 Å². The van der Waals surface area contributed by atoms with Crippen molar-refractivity contribution >= 4 is 46.4 Å². The Labute approximate surface area is 201 Å². The monoisotopic (exact) mass is 483 g/mol. The molecule has 0 atom stereocenters. The molecule has 2 aromatic carbocycles. The standard InChI is InChI=1S/C25H22ClNO5S/c1-4-12-32-19-11-8-16(13-18(19)26)14-20-22(28)21(25(30)31-5-2)24(33-20)27-23(29)17-9-6-15(3)7-10-17/h4,6-11,13-14,28H,1,5,12H2,2-3H3/b20-14-,27-24?. The molecule has 0 aromatic heterocycles. The zero-order valence-corrected chi connectivity index (χ0v) is 19.7. The summed E-state index contributed by atoms with van der Waals surface area (Å²) in [6.07, 6.45) is 3.25. The van der Waals surface area contributed by atoms with Crippen LogP contribution in [0.4, 0.5) is 0 Å². The largest absolute Gasteiger partial charge is 0.506 e. The molecule has 0 saturated carbocycles. The molecule has 0 spiro atoms. The number of aliphatic imine (C=N–C) groups is 1. The number of carbonyl (C=O) groups excluding carboxylic acids is 2. The summed E-state index contributed by atoms with van der Waals surface area (Å²) in [7, 11) is 0. The molecule has 170 valence electrons. The quantitative estimate of drug-likeness (QED) is 0.389. The molecule has 0 unspecified atom stereocenters. The number of carbonyl (C=O) groups is 2. The molecule has 33 heavy (non-hydrogen) atoms. The van der Waals surface area contributed by atoms with E-state index in [2.05, 4.69) is 11.6 Å². The van der Waals surface area contributed by atoms with Gasteiger partial charge in [0.15, 0.2) is 0 Å². The summed E-state index contributed by atoms with van der Waals surface area (Å²) in [5, 5.41) is 11.2. The third kappa shape index (κ3) is 5.94. The van der Waals surface area contributed by atoms with Crippen molar-refractivity contribution in [3.8, 4) is 5.75 Å². The zero-order chi connectivity index (χ0) is 24.0. The van der Waals surface area contributed by atoms with E-state index in [0.29, 0.717) is 33.4 Å². The van der Waals surface area contributed by atoms with Crippen LogP contribution in [0.15, 0.2) is 76.3 Å². The molecule has 6 nitrogen and oxygen atoms in total. The SMILES string of the molecule is C=CCOc1ccc(/C=C2\SC(=NC(=O)c3ccc(C)cc3)C(C(=O)OCC)=C2O)cc1Cl. The van der Waals surface area contributed by atoms with Gasteiger partial charge in [0.2, 0.25) is 0 Å². The van der Waals surface area contributed by atoms with Crippen molar-refractivity contribution in [2.75, 3.05) is 13.2 Å². The molecule has 8 heteroatoms. The van der Waals surface area contributed by atoms with E-state index in [9.17, 15) is 14.7 Å². The number of hydrogen-bond donors (Lipinski definition) is 1. The highest BCUT2D eigenvalue weighted by Crippen LogP contribution is 2.40. The van der Waals surface area contributed by atoms with Crippen LogP contribution in [-0.4, -0.2) is 35.2 Å². The number of rotatable bonds is 7. The number of benzene rings is 2. The maximum absolute atomic E-state index is 12.7. The number of esters is 1. The molecule has 1 aliphatic rings. The summed E-state index contributed by atoms with van der Waals surface area (Å²) >= 11 is 7.28. The Morgan fingerprint density at radius 2 is 1.94 bits per heavy atom. The van der Waals surface area contributed by atoms with Gasteiger partial charge in [0.1, 0.15) is 28.7 Å². The van der Waals surface area contributed by atoms with Crippen LogP contribution in [0.2, 0.25) is 5.02 Å². The van der Waals surface area contributed by atoms with Crippen molar-refractivity contribution in [3.05, 3.63) is 93.1 Å². The van der Waals surface area contributed by atoms with E-state index in [1.54, 1.807) is 61.5 Å². The lowest BCUT2D eigenvalue weighted by atomic mass is 10.1. The predicted octanol–water partition coefficient (Wildman–Crippen LogP) is 5.92. The minimum absolute atomic E-state index is 0.0693. The van der Waals surface area contributed by atoms with E-state index in [1.165, 1.54) is 0 Å². The molecule has 0 bridgehead atoms. The molecule has 2 aromatic rings. The number of halogens is 1. The lowest BCUT2D eigenvalue weighted by molar-refractivity contribution is -0.138. The minimum atomic E-state index is -0.757. The van der Waals surface area contributed by atoms with Crippen molar-refractivity contribution in [2.24, 2.45) is 4.99 Å². The van der Waals surface area contributed by atoms with Crippen LogP contribution in [0.5, 0.6) is 5.75 Å². The summed E-state index contributed by atoms with van der Waals surface area (Å²) in [6, 6.07) is 12.0. The fraction of sp³-hybridized carbons (Fsp3) is 0.160. The third-order valence-electron chi connectivity index (χ3n) is 4.48. The van der Waals surface area contributed by atoms with E-state index in [0.717, 1.165) is 17.3 Å². The number of hydrogen-bond acceptors (Lipinski definition) is 6. The van der Waals surface area contributed by atoms with Gasteiger partial charge in [0.05, 0.1) is 16.5 Å². The molecule has 3 rings (SSSR count). The Kier molecular flexibility index (Phi) is 8.14. The second-order valence-corrected chi connectivity index (χ2v) is 8.37. The number of aliphatic hydroxyl groups is 1. The lowest BCUT2D eigenvalue weighted by Gasteiger charge is -2.06. The summed E-state index contributed by atoms with van der Waals surface area (Å²) in [4.78, 5) is 29.6. The zero-order valence-electron chi connectivity index (χ0n) is 18.1. The molecule has 0 radical (unpaired) electrons. The average molecular weight is 484 g/mol. The van der Waals surface area contributed by atoms with Gasteiger partial charge in [-0.1, -0.05) is 59.8 Å². The maximum atomic E-state index is 12.7. The fourth-order valence-electron chi connectivity index (χ4n) is 2.87. The first kappa shape index (κ1) is 24.4. The number of nitrogens with zero attached hydrogens (tertiary/aromatic N) is 1. The highest BCUT2D eigenvalue weighted by atomic mass is 35.5. The Morgan fingerprint density at radius 3 is 2.58 bits per heavy atom. The summed E-state index contributed by atoms with van der Waals surface area (Å²) in [5.74, 6) is -1.10. The molecule has 1 N–H and O–H groups in total. The van der Waals surface area contributed by atoms with Gasteiger partial charge in [-0.3, -0.25) is 4.79 Å². The smallest absolute Gasteiger partial charge is 0.344 e. The van der Waals surface area contributed by atoms with E-state index >= 15 is 0 Å². The molecule has 0 saturated heterocycles. The van der Waals surface area contributed by atoms with E-state index in [-0.39, 0.29) is 23.0 Å². The van der Waals surface area contributed by atoms with Crippen molar-refractivity contribution in [1.29, 1.82) is 0 Å². The molecular weight excluding hydrogens is 462 g/mol. The first-order valence-corrected chi connectivity index (χ1v) is 11.3. The molecule has 0 fully saturated rings. The van der Waals surface area contributed by atoms with Gasteiger partial charge in [-0.25, -0.2) is 9.79 Å². The second kappa shape index (κ2) is 11.0. The Morgan fingerprint density at radius 1 is 1.21 bits per heavy atom. The predicted molar refractivity (Wildman–Crippen MR) is 132 cm³/mol. The fourth-order valence-corrected chi connectivity index (χ4v) is 4.12. The molecule has 0 aliphatic carbocycles. The highest BCUT2D eigenvalue weighted by molar-refractivity contribution is 8.18. The van der Waals surface area contributed by atoms with Gasteiger partial charge in [0.25, 0.3) is 5.91 Å². The number of amides is 1. The number of thioether (sulfide) groups is 1. The van der Waals surface area contributed by atoms with Gasteiger partial charge in [-0.05, 0) is 49.8 Å². The summed E-state index contributed by atoms with van der Waals surface area (Å²) in [6.45, 7) is 7.59. The van der Waals surface area contributed by atoms with Crippen LogP contribution in [0.3, 0.4) is 0 Å². The first-order valence-electron chi connectivity index (χ1n) is 10.1. The Hall–Kier alpha value is -3.29. The number of aliphatic hydroxyl groups excluding tert-OH is 1. The molecular formula is C25H22ClNO5S. The van der Waals surface area contributed by atoms with Crippen LogP contribution in [0.1, 0.15) is 28.4 Å². The number of ether oxygens (including phenoxy) is 2. The van der Waals surface area contributed by atoms with Gasteiger partial charge in [-0.2, -0.15) is 0 Å². The van der Waals surface area contributed by atoms with E-state index in [1.807, 2.05) is 6.92 Å². The highest BCUT2D eigenvalue weighted by Gasteiger charge is 2.34. The Bertz CT molecular complexity index is 1180. The van der Waals surface area contributed by atoms with E-state index in [4.69, 9.17) is 21.1 Å². The first-order chi connectivity index (χ1) is 15.8. The van der Waals surface area contributed by atoms with Gasteiger partial charge in [0, 0.05) is 5.56 Å². The summed E-state index contributed by atoms with van der Waals surface area (Å²) < 4.78 is 10.5. The van der Waals surface area contributed by atoms with Crippen molar-refractivity contribution < 1.29 is 24.2 Å². The van der Waals surface area contributed by atoms with Crippen LogP contribution >= 0.6 is 23.4 Å². The van der Waals surface area contributed by atoms with Crippen LogP contribution in [0, 0.1) is 6.92 Å². The molecule has 1 heterocycles. The van der Waals surface area contributed by atoms with Crippen molar-refractivity contribution in [1.82, 2.24) is 0 Å². The van der Waals surface area contributed by atoms with E-state index < -0.39 is 11.9 Å². The minimum Gasteiger partial charge on any atom is -0.506 e. The van der Waals surface area contributed by atoms with Crippen LogP contribution in [-0.2, 0) is 9.53 Å². The Balaban J connectivity index is 1.96. The molecule has 1 aliphatic heterocycles. The number of aryl methyl sites for hydroxylation is 1.